The van der Waals surface area contributed by atoms with Gasteiger partial charge >= 0.3 is 0 Å². The van der Waals surface area contributed by atoms with Crippen LogP contribution >= 0.6 is 0 Å². The highest BCUT2D eigenvalue weighted by atomic mass is 15.2. The van der Waals surface area contributed by atoms with Gasteiger partial charge in [-0.3, -0.25) is 4.57 Å². The minimum Gasteiger partial charge on any atom is -0.278 e. The lowest BCUT2D eigenvalue weighted by atomic mass is 9.82. The van der Waals surface area contributed by atoms with Crippen LogP contribution in [-0.4, -0.2) is 14.5 Å². The van der Waals surface area contributed by atoms with Gasteiger partial charge in [0.2, 0.25) is 5.95 Å². The number of hydrogen-bond acceptors (Lipinski definition) is 2. The van der Waals surface area contributed by atoms with Crippen molar-refractivity contribution in [1.29, 1.82) is 0 Å². The molecule has 0 unspecified atom stereocenters. The van der Waals surface area contributed by atoms with Crippen molar-refractivity contribution in [3.8, 4) is 39.5 Å². The van der Waals surface area contributed by atoms with E-state index in [0.717, 1.165) is 33.2 Å². The summed E-state index contributed by atoms with van der Waals surface area (Å²) in [6.45, 7) is 9.42. The summed E-state index contributed by atoms with van der Waals surface area (Å²) in [6.07, 6.45) is 0. The van der Waals surface area contributed by atoms with E-state index in [0.29, 0.717) is 5.95 Å². The summed E-state index contributed by atoms with van der Waals surface area (Å²) in [5, 5.41) is 11.0. The van der Waals surface area contributed by atoms with Crippen molar-refractivity contribution < 1.29 is 0 Å². The molecule has 11 aromatic rings. The summed E-state index contributed by atoms with van der Waals surface area (Å²) in [5.41, 5.74) is 15.6. The zero-order valence-corrected chi connectivity index (χ0v) is 33.4. The van der Waals surface area contributed by atoms with Crippen LogP contribution in [0.4, 0.5) is 0 Å². The first-order valence-corrected chi connectivity index (χ1v) is 20.7. The Labute approximate surface area is 342 Å². The van der Waals surface area contributed by atoms with Crippen molar-refractivity contribution in [2.24, 2.45) is 0 Å². The topological polar surface area (TPSA) is 30.7 Å². The number of hydrogen-bond donors (Lipinski definition) is 0. The smallest absolute Gasteiger partial charge is 0.235 e. The molecule has 0 bridgehead atoms. The van der Waals surface area contributed by atoms with Gasteiger partial charge in [0.1, 0.15) is 0 Å². The van der Waals surface area contributed by atoms with Crippen LogP contribution in [0.5, 0.6) is 0 Å². The van der Waals surface area contributed by atoms with E-state index in [1.165, 1.54) is 87.6 Å². The predicted octanol–water partition coefficient (Wildman–Crippen LogP) is 14.5. The van der Waals surface area contributed by atoms with E-state index in [4.69, 9.17) is 9.97 Å². The normalized spacial score (nSPS) is 14.7. The number of para-hydroxylation sites is 1. The van der Waals surface area contributed by atoms with E-state index in [2.05, 4.69) is 196 Å². The summed E-state index contributed by atoms with van der Waals surface area (Å²) in [6, 6.07) is 60.7. The van der Waals surface area contributed by atoms with Crippen LogP contribution < -0.4 is 0 Å². The highest BCUT2D eigenvalue weighted by Gasteiger charge is 2.37. The lowest BCUT2D eigenvalue weighted by Crippen LogP contribution is -2.15. The Bertz CT molecular complexity index is 3680. The fourth-order valence-corrected chi connectivity index (χ4v) is 11.1. The van der Waals surface area contributed by atoms with Gasteiger partial charge in [-0.05, 0) is 113 Å². The summed E-state index contributed by atoms with van der Waals surface area (Å²) >= 11 is 0. The monoisotopic (exact) mass is 753 g/mol. The minimum atomic E-state index is -0.164. The molecular weight excluding hydrogens is 715 g/mol. The van der Waals surface area contributed by atoms with Gasteiger partial charge in [-0.15, -0.1) is 0 Å². The molecule has 0 atom stereocenters. The van der Waals surface area contributed by atoms with Gasteiger partial charge in [0.05, 0.1) is 22.2 Å². The van der Waals surface area contributed by atoms with Crippen LogP contribution in [0.1, 0.15) is 49.9 Å². The highest BCUT2D eigenvalue weighted by molar-refractivity contribution is 6.29. The van der Waals surface area contributed by atoms with Crippen LogP contribution in [0.25, 0.3) is 104 Å². The van der Waals surface area contributed by atoms with Crippen molar-refractivity contribution in [2.75, 3.05) is 0 Å². The maximum absolute atomic E-state index is 5.65. The molecule has 59 heavy (non-hydrogen) atoms. The number of benzene rings is 9. The molecular formula is C56H39N3. The van der Waals surface area contributed by atoms with E-state index in [1.54, 1.807) is 0 Å². The van der Waals surface area contributed by atoms with Crippen molar-refractivity contribution in [1.82, 2.24) is 14.5 Å². The Morgan fingerprint density at radius 3 is 1.53 bits per heavy atom. The van der Waals surface area contributed by atoms with Gasteiger partial charge in [-0.2, -0.15) is 0 Å². The van der Waals surface area contributed by atoms with E-state index in [1.807, 2.05) is 0 Å². The number of nitrogens with zero attached hydrogens (tertiary/aromatic N) is 3. The van der Waals surface area contributed by atoms with Crippen molar-refractivity contribution >= 4 is 65.0 Å². The molecule has 0 radical (unpaired) electrons. The zero-order valence-electron chi connectivity index (χ0n) is 33.4. The first kappa shape index (κ1) is 32.9. The average molecular weight is 754 g/mol. The van der Waals surface area contributed by atoms with Gasteiger partial charge in [-0.1, -0.05) is 155 Å². The Balaban J connectivity index is 1.16. The summed E-state index contributed by atoms with van der Waals surface area (Å²) in [5.74, 6) is 0.680. The van der Waals surface area contributed by atoms with Gasteiger partial charge in [0.25, 0.3) is 0 Å². The zero-order chi connectivity index (χ0) is 39.4. The van der Waals surface area contributed by atoms with Crippen LogP contribution in [0.3, 0.4) is 0 Å². The third-order valence-electron chi connectivity index (χ3n) is 14.0. The second kappa shape index (κ2) is 11.3. The van der Waals surface area contributed by atoms with Crippen molar-refractivity contribution in [3.05, 3.63) is 186 Å². The van der Waals surface area contributed by atoms with E-state index in [-0.39, 0.29) is 10.8 Å². The molecule has 0 N–H and O–H groups in total. The lowest BCUT2D eigenvalue weighted by Gasteiger charge is -2.22. The van der Waals surface area contributed by atoms with Crippen LogP contribution in [0, 0.1) is 0 Å². The van der Waals surface area contributed by atoms with Crippen LogP contribution in [-0.2, 0) is 10.8 Å². The molecule has 3 nitrogen and oxygen atoms in total. The second-order valence-corrected chi connectivity index (χ2v) is 17.7. The maximum atomic E-state index is 5.65. The van der Waals surface area contributed by atoms with Crippen LogP contribution in [0.2, 0.25) is 0 Å². The van der Waals surface area contributed by atoms with Crippen molar-refractivity contribution in [3.63, 3.8) is 0 Å². The maximum Gasteiger partial charge on any atom is 0.235 e. The molecule has 9 aromatic carbocycles. The molecule has 278 valence electrons. The largest absolute Gasteiger partial charge is 0.278 e. The summed E-state index contributed by atoms with van der Waals surface area (Å²) in [4.78, 5) is 11.1. The Morgan fingerprint density at radius 1 is 0.356 bits per heavy atom. The standard InChI is InChI=1S/C56H39N3/c1-55(2)46-22-12-9-19-37(46)39-26-25-32(27-48(39)55)53-40-21-11-14-24-50(40)57-54(58-53)59-51-30-42-36-18-8-6-16-34(36)33-15-5-7-17-35(33)41(42)28-44(51)45-29-43-38-20-10-13-23-47(38)56(3,4)49(43)31-52(45)59/h5-31H,1-4H3. The fraction of sp³-hybridized carbons (Fsp3) is 0.107. The fourth-order valence-electron chi connectivity index (χ4n) is 11.1. The Morgan fingerprint density at radius 2 is 0.847 bits per heavy atom. The van der Waals surface area contributed by atoms with Crippen LogP contribution in [0.15, 0.2) is 164 Å². The summed E-state index contributed by atoms with van der Waals surface area (Å²) in [7, 11) is 0. The van der Waals surface area contributed by atoms with Crippen molar-refractivity contribution in [2.45, 2.75) is 38.5 Å². The minimum absolute atomic E-state index is 0.126. The molecule has 0 saturated heterocycles. The first-order valence-electron chi connectivity index (χ1n) is 20.7. The molecule has 0 amide bonds. The van der Waals surface area contributed by atoms with Gasteiger partial charge in [0.15, 0.2) is 0 Å². The molecule has 0 fully saturated rings. The number of fused-ring (bicyclic) bond motifs is 16. The van der Waals surface area contributed by atoms with Gasteiger partial charge in [-0.25, -0.2) is 9.97 Å². The molecule has 13 rings (SSSR count). The van der Waals surface area contributed by atoms with Gasteiger partial charge < -0.3 is 0 Å². The van der Waals surface area contributed by atoms with Gasteiger partial charge in [0, 0.05) is 32.6 Å². The second-order valence-electron chi connectivity index (χ2n) is 17.7. The first-order chi connectivity index (χ1) is 28.8. The quantitative estimate of drug-likeness (QED) is 0.165. The average Bonchev–Trinajstić information content (AvgIpc) is 3.80. The molecule has 0 aliphatic heterocycles. The summed E-state index contributed by atoms with van der Waals surface area (Å²) < 4.78 is 2.36. The molecule has 2 aromatic heterocycles. The predicted molar refractivity (Wildman–Crippen MR) is 247 cm³/mol. The highest BCUT2D eigenvalue weighted by Crippen LogP contribution is 2.52. The Hall–Kier alpha value is -7.10. The molecule has 2 aliphatic rings. The lowest BCUT2D eigenvalue weighted by molar-refractivity contribution is 0.660. The Kier molecular flexibility index (Phi) is 6.31. The third-order valence-corrected chi connectivity index (χ3v) is 14.0. The number of rotatable bonds is 2. The molecule has 0 saturated carbocycles. The molecule has 0 spiro atoms. The SMILES string of the molecule is CC1(C)c2ccccc2-c2ccc(-c3nc(-n4c5cc6c(cc5c5cc7c8ccccc8c8ccccc8c7cc54)-c4ccccc4C6(C)C)nc4ccccc34)cc21. The molecule has 2 heterocycles. The van der Waals surface area contributed by atoms with E-state index in [9.17, 15) is 0 Å². The molecule has 2 aliphatic carbocycles. The van der Waals surface area contributed by atoms with E-state index < -0.39 is 0 Å². The number of aromatic nitrogens is 3. The van der Waals surface area contributed by atoms with E-state index >= 15 is 0 Å². The molecule has 3 heteroatoms. The third kappa shape index (κ3) is 4.27.